The molecule has 2 unspecified atom stereocenters. The zero-order valence-corrected chi connectivity index (χ0v) is 17.9. The van der Waals surface area contributed by atoms with Crippen LogP contribution in [-0.2, 0) is 9.47 Å². The molecule has 0 aromatic rings. The van der Waals surface area contributed by atoms with Crippen LogP contribution >= 0.6 is 0 Å². The number of rotatable bonds is 0. The molecule has 138 valence electrons. The summed E-state index contributed by atoms with van der Waals surface area (Å²) in [7, 11) is 0. The first-order chi connectivity index (χ1) is 9.95. The van der Waals surface area contributed by atoms with Crippen LogP contribution in [0.1, 0.15) is 95.9 Å². The quantitative estimate of drug-likeness (QED) is 0.525. The van der Waals surface area contributed by atoms with Gasteiger partial charge in [0, 0.05) is 0 Å². The van der Waals surface area contributed by atoms with E-state index < -0.39 is 0 Å². The SMILES string of the molecule is CC1CC(C)(C)C(C)(C)C(C)(C)O1.CC1CC(C)(C)C(C)(C)O1. The summed E-state index contributed by atoms with van der Waals surface area (Å²) < 4.78 is 11.8. The molecule has 2 saturated heterocycles. The van der Waals surface area contributed by atoms with Gasteiger partial charge in [0.05, 0.1) is 23.4 Å². The van der Waals surface area contributed by atoms with Gasteiger partial charge in [-0.3, -0.25) is 0 Å². The summed E-state index contributed by atoms with van der Waals surface area (Å²) in [5, 5.41) is 0. The van der Waals surface area contributed by atoms with E-state index in [1.165, 1.54) is 6.42 Å². The molecule has 0 radical (unpaired) electrons. The maximum absolute atomic E-state index is 6.02. The molecule has 2 rings (SSSR count). The molecule has 2 aliphatic heterocycles. The van der Waals surface area contributed by atoms with Gasteiger partial charge in [-0.2, -0.15) is 0 Å². The molecule has 23 heavy (non-hydrogen) atoms. The normalized spacial score (nSPS) is 36.0. The van der Waals surface area contributed by atoms with Gasteiger partial charge in [0.25, 0.3) is 0 Å². The van der Waals surface area contributed by atoms with E-state index in [0.717, 1.165) is 6.42 Å². The summed E-state index contributed by atoms with van der Waals surface area (Å²) in [5.41, 5.74) is 0.966. The van der Waals surface area contributed by atoms with Crippen molar-refractivity contribution < 1.29 is 9.47 Å². The Kier molecular flexibility index (Phi) is 5.49. The van der Waals surface area contributed by atoms with E-state index >= 15 is 0 Å². The second-order valence-electron chi connectivity index (χ2n) is 10.7. The smallest absolute Gasteiger partial charge is 0.0685 e. The highest BCUT2D eigenvalue weighted by atomic mass is 16.5. The van der Waals surface area contributed by atoms with E-state index in [1.54, 1.807) is 0 Å². The molecule has 2 aliphatic rings. The van der Waals surface area contributed by atoms with Crippen LogP contribution in [0.3, 0.4) is 0 Å². The monoisotopic (exact) mass is 326 g/mol. The largest absolute Gasteiger partial charge is 0.372 e. The van der Waals surface area contributed by atoms with Gasteiger partial charge >= 0.3 is 0 Å². The zero-order valence-electron chi connectivity index (χ0n) is 17.9. The van der Waals surface area contributed by atoms with Crippen molar-refractivity contribution in [1.29, 1.82) is 0 Å². The van der Waals surface area contributed by atoms with Gasteiger partial charge in [-0.25, -0.2) is 0 Å². The molecule has 2 atom stereocenters. The summed E-state index contributed by atoms with van der Waals surface area (Å²) in [6, 6.07) is 0. The minimum atomic E-state index is -0.0197. The lowest BCUT2D eigenvalue weighted by molar-refractivity contribution is -0.222. The van der Waals surface area contributed by atoms with Crippen molar-refractivity contribution in [2.24, 2.45) is 16.2 Å². The third-order valence-electron chi connectivity index (χ3n) is 7.41. The Balaban J connectivity index is 0.000000238. The summed E-state index contributed by atoms with van der Waals surface area (Å²) in [4.78, 5) is 0. The molecule has 2 heteroatoms. The lowest BCUT2D eigenvalue weighted by Crippen LogP contribution is -2.57. The number of ether oxygens (including phenoxy) is 2. The Morgan fingerprint density at radius 2 is 0.913 bits per heavy atom. The second-order valence-corrected chi connectivity index (χ2v) is 10.7. The molecule has 2 fully saturated rings. The Morgan fingerprint density at radius 3 is 1.13 bits per heavy atom. The highest BCUT2D eigenvalue weighted by molar-refractivity contribution is 5.02. The molecule has 0 aromatic heterocycles. The molecule has 0 saturated carbocycles. The molecule has 2 heterocycles. The fraction of sp³-hybridized carbons (Fsp3) is 1.00. The van der Waals surface area contributed by atoms with Crippen LogP contribution in [0.5, 0.6) is 0 Å². The van der Waals surface area contributed by atoms with E-state index in [9.17, 15) is 0 Å². The summed E-state index contributed by atoms with van der Waals surface area (Å²) in [6.45, 7) is 27.0. The molecule has 0 N–H and O–H groups in total. The van der Waals surface area contributed by atoms with Crippen LogP contribution in [0, 0.1) is 16.2 Å². The van der Waals surface area contributed by atoms with Gasteiger partial charge < -0.3 is 9.47 Å². The number of hydrogen-bond donors (Lipinski definition) is 0. The predicted octanol–water partition coefficient (Wildman–Crippen LogP) is 6.23. The van der Waals surface area contributed by atoms with E-state index in [2.05, 4.69) is 83.1 Å². The van der Waals surface area contributed by atoms with Crippen molar-refractivity contribution >= 4 is 0 Å². The third kappa shape index (κ3) is 3.95. The van der Waals surface area contributed by atoms with Gasteiger partial charge in [-0.05, 0) is 70.6 Å². The first-order valence-corrected chi connectivity index (χ1v) is 9.31. The molecule has 0 amide bonds. The summed E-state index contributed by atoms with van der Waals surface area (Å²) >= 11 is 0. The van der Waals surface area contributed by atoms with Gasteiger partial charge in [0.15, 0.2) is 0 Å². The highest BCUT2D eigenvalue weighted by Gasteiger charge is 2.53. The number of hydrogen-bond acceptors (Lipinski definition) is 2. The Bertz CT molecular complexity index is 380. The molecule has 0 aromatic carbocycles. The van der Waals surface area contributed by atoms with Gasteiger partial charge in [0.1, 0.15) is 0 Å². The van der Waals surface area contributed by atoms with Crippen LogP contribution in [0.25, 0.3) is 0 Å². The van der Waals surface area contributed by atoms with E-state index in [-0.39, 0.29) is 16.6 Å². The first kappa shape index (κ1) is 21.0. The van der Waals surface area contributed by atoms with Crippen molar-refractivity contribution in [3.63, 3.8) is 0 Å². The Labute approximate surface area is 145 Å². The van der Waals surface area contributed by atoms with Gasteiger partial charge in [-0.15, -0.1) is 0 Å². The van der Waals surface area contributed by atoms with Crippen molar-refractivity contribution in [3.05, 3.63) is 0 Å². The second kappa shape index (κ2) is 6.02. The molecular formula is C21H42O2. The molecule has 0 spiro atoms. The molecule has 2 nitrogen and oxygen atoms in total. The van der Waals surface area contributed by atoms with Crippen molar-refractivity contribution in [2.75, 3.05) is 0 Å². The fourth-order valence-corrected chi connectivity index (χ4v) is 4.15. The summed E-state index contributed by atoms with van der Waals surface area (Å²) in [6.07, 6.45) is 3.16. The van der Waals surface area contributed by atoms with Crippen LogP contribution in [-0.4, -0.2) is 23.4 Å². The van der Waals surface area contributed by atoms with Crippen molar-refractivity contribution in [1.82, 2.24) is 0 Å². The minimum absolute atomic E-state index is 0.0197. The van der Waals surface area contributed by atoms with Crippen LogP contribution in [0.4, 0.5) is 0 Å². The zero-order chi connectivity index (χ0) is 18.5. The topological polar surface area (TPSA) is 18.5 Å². The first-order valence-electron chi connectivity index (χ1n) is 9.31. The maximum Gasteiger partial charge on any atom is 0.0685 e. The highest BCUT2D eigenvalue weighted by Crippen LogP contribution is 2.54. The lowest BCUT2D eigenvalue weighted by atomic mass is 9.56. The molecule has 0 bridgehead atoms. The van der Waals surface area contributed by atoms with Gasteiger partial charge in [-0.1, -0.05) is 41.5 Å². The van der Waals surface area contributed by atoms with Crippen molar-refractivity contribution in [2.45, 2.75) is 119 Å². The van der Waals surface area contributed by atoms with Crippen LogP contribution < -0.4 is 0 Å². The van der Waals surface area contributed by atoms with Crippen LogP contribution in [0.2, 0.25) is 0 Å². The fourth-order valence-electron chi connectivity index (χ4n) is 4.15. The summed E-state index contributed by atoms with van der Waals surface area (Å²) in [5.74, 6) is 0. The standard InChI is InChI=1S/C12H24O.C9H18O/c1-9-8-10(2,3)11(4,5)12(6,7)13-9;1-7-6-8(2,3)9(4,5)10-7/h9H,8H2,1-7H3;7H,6H2,1-5H3. The molecular weight excluding hydrogens is 284 g/mol. The lowest BCUT2D eigenvalue weighted by Gasteiger charge is -2.57. The maximum atomic E-state index is 6.02. The van der Waals surface area contributed by atoms with Gasteiger partial charge in [0.2, 0.25) is 0 Å². The van der Waals surface area contributed by atoms with E-state index in [1.807, 2.05) is 0 Å². The minimum Gasteiger partial charge on any atom is -0.372 e. The average Bonchev–Trinajstić information content (AvgIpc) is 2.41. The van der Waals surface area contributed by atoms with E-state index in [0.29, 0.717) is 23.0 Å². The predicted molar refractivity (Wildman–Crippen MR) is 99.8 cm³/mol. The van der Waals surface area contributed by atoms with Crippen LogP contribution in [0.15, 0.2) is 0 Å². The van der Waals surface area contributed by atoms with Crippen molar-refractivity contribution in [3.8, 4) is 0 Å². The average molecular weight is 327 g/mol. The third-order valence-corrected chi connectivity index (χ3v) is 7.41. The molecule has 0 aliphatic carbocycles. The Hall–Kier alpha value is -0.0800. The Morgan fingerprint density at radius 1 is 0.565 bits per heavy atom. The van der Waals surface area contributed by atoms with E-state index in [4.69, 9.17) is 9.47 Å².